The quantitative estimate of drug-likeness (QED) is 0.868. The monoisotopic (exact) mass is 337 g/mol. The van der Waals surface area contributed by atoms with Crippen LogP contribution in [-0.2, 0) is 19.3 Å². The number of hydrogen-bond donors (Lipinski definition) is 1. The third kappa shape index (κ3) is 2.86. The van der Waals surface area contributed by atoms with E-state index in [9.17, 15) is 9.90 Å². The normalized spacial score (nSPS) is 18.1. The Morgan fingerprint density at radius 3 is 2.32 bits per heavy atom. The van der Waals surface area contributed by atoms with E-state index in [2.05, 4.69) is 12.1 Å². The van der Waals surface area contributed by atoms with Crippen LogP contribution in [0.15, 0.2) is 36.4 Å². The zero-order valence-electron chi connectivity index (χ0n) is 14.7. The minimum absolute atomic E-state index is 0.0187. The number of fused-ring (bicyclic) bond motifs is 2. The summed E-state index contributed by atoms with van der Waals surface area (Å²) in [4.78, 5) is 14.8. The molecule has 0 aromatic heterocycles. The molecule has 2 aliphatic rings. The molecule has 0 unspecified atom stereocenters. The van der Waals surface area contributed by atoms with Gasteiger partial charge >= 0.3 is 0 Å². The Morgan fingerprint density at radius 1 is 1.04 bits per heavy atom. The van der Waals surface area contributed by atoms with Crippen LogP contribution in [0, 0.1) is 0 Å². The Morgan fingerprint density at radius 2 is 1.68 bits per heavy atom. The van der Waals surface area contributed by atoms with Crippen LogP contribution < -0.4 is 4.74 Å². The van der Waals surface area contributed by atoms with Crippen LogP contribution in [0.1, 0.15) is 40.9 Å². The lowest BCUT2D eigenvalue weighted by atomic mass is 10.00. The Balaban J connectivity index is 1.59. The van der Waals surface area contributed by atoms with Gasteiger partial charge in [-0.3, -0.25) is 4.79 Å². The largest absolute Gasteiger partial charge is 0.504 e. The number of rotatable bonds is 1. The maximum absolute atomic E-state index is 13.0. The summed E-state index contributed by atoms with van der Waals surface area (Å²) in [6.07, 6.45) is 2.43. The summed E-state index contributed by atoms with van der Waals surface area (Å²) in [6, 6.07) is 12.0. The number of carbonyl (C=O) groups is 1. The zero-order valence-corrected chi connectivity index (χ0v) is 14.7. The van der Waals surface area contributed by atoms with Gasteiger partial charge in [0.15, 0.2) is 11.5 Å². The highest BCUT2D eigenvalue weighted by molar-refractivity contribution is 5.98. The lowest BCUT2D eigenvalue weighted by Crippen LogP contribution is -2.33. The maximum atomic E-state index is 13.0. The van der Waals surface area contributed by atoms with Crippen LogP contribution >= 0.6 is 0 Å². The second-order valence-corrected chi connectivity index (χ2v) is 7.55. The molecule has 2 aromatic carbocycles. The average Bonchev–Trinajstić information content (AvgIpc) is 2.77. The molecule has 0 atom stereocenters. The van der Waals surface area contributed by atoms with Gasteiger partial charge in [0.1, 0.15) is 5.60 Å². The minimum atomic E-state index is -0.342. The molecule has 2 aliphatic heterocycles. The van der Waals surface area contributed by atoms with Crippen LogP contribution in [0.2, 0.25) is 0 Å². The van der Waals surface area contributed by atoms with E-state index < -0.39 is 0 Å². The molecule has 4 nitrogen and oxygen atoms in total. The molecule has 0 fully saturated rings. The van der Waals surface area contributed by atoms with Crippen molar-refractivity contribution in [1.29, 1.82) is 0 Å². The molecule has 1 amide bonds. The van der Waals surface area contributed by atoms with Gasteiger partial charge in [-0.25, -0.2) is 0 Å². The van der Waals surface area contributed by atoms with E-state index in [1.165, 1.54) is 11.1 Å². The maximum Gasteiger partial charge on any atom is 0.257 e. The second kappa shape index (κ2) is 5.80. The van der Waals surface area contributed by atoms with Crippen LogP contribution in [0.4, 0.5) is 0 Å². The number of amides is 1. The molecular weight excluding hydrogens is 314 g/mol. The number of hydrogen-bond acceptors (Lipinski definition) is 3. The SMILES string of the molecule is CC1(C)Cc2ccc(C(=O)N3CCc4ccccc4CC3)c(O)c2O1. The molecule has 1 N–H and O–H groups in total. The molecule has 0 spiro atoms. The Hall–Kier alpha value is -2.49. The summed E-state index contributed by atoms with van der Waals surface area (Å²) in [5.74, 6) is 0.324. The van der Waals surface area contributed by atoms with Crippen LogP contribution in [0.3, 0.4) is 0 Å². The van der Waals surface area contributed by atoms with Crippen molar-refractivity contribution in [3.05, 3.63) is 58.7 Å². The third-order valence-electron chi connectivity index (χ3n) is 5.15. The molecule has 4 rings (SSSR count). The molecule has 4 heteroatoms. The molecule has 0 saturated carbocycles. The number of phenols is 1. The highest BCUT2D eigenvalue weighted by Crippen LogP contribution is 2.43. The average molecular weight is 337 g/mol. The lowest BCUT2D eigenvalue weighted by Gasteiger charge is -2.22. The lowest BCUT2D eigenvalue weighted by molar-refractivity contribution is 0.0757. The van der Waals surface area contributed by atoms with Crippen molar-refractivity contribution in [2.75, 3.05) is 13.1 Å². The molecule has 25 heavy (non-hydrogen) atoms. The van der Waals surface area contributed by atoms with E-state index >= 15 is 0 Å². The van der Waals surface area contributed by atoms with Crippen molar-refractivity contribution >= 4 is 5.91 Å². The fraction of sp³-hybridized carbons (Fsp3) is 0.381. The first-order valence-electron chi connectivity index (χ1n) is 8.84. The van der Waals surface area contributed by atoms with E-state index in [1.54, 1.807) is 6.07 Å². The first-order chi connectivity index (χ1) is 11.9. The van der Waals surface area contributed by atoms with Crippen molar-refractivity contribution in [3.8, 4) is 11.5 Å². The minimum Gasteiger partial charge on any atom is -0.504 e. The number of nitrogens with zero attached hydrogens (tertiary/aromatic N) is 1. The van der Waals surface area contributed by atoms with Crippen LogP contribution in [0.25, 0.3) is 0 Å². The van der Waals surface area contributed by atoms with Gasteiger partial charge in [-0.2, -0.15) is 0 Å². The summed E-state index contributed by atoms with van der Waals surface area (Å²) in [5, 5.41) is 10.6. The van der Waals surface area contributed by atoms with Gasteiger partial charge in [0.2, 0.25) is 0 Å². The second-order valence-electron chi connectivity index (χ2n) is 7.55. The topological polar surface area (TPSA) is 49.8 Å². The number of ether oxygens (including phenoxy) is 1. The van der Waals surface area contributed by atoms with Crippen molar-refractivity contribution < 1.29 is 14.6 Å². The van der Waals surface area contributed by atoms with E-state index in [4.69, 9.17) is 4.74 Å². The summed E-state index contributed by atoms with van der Waals surface area (Å²) >= 11 is 0. The summed E-state index contributed by atoms with van der Waals surface area (Å²) in [6.45, 7) is 5.30. The first-order valence-corrected chi connectivity index (χ1v) is 8.84. The number of benzene rings is 2. The predicted molar refractivity (Wildman–Crippen MR) is 96.3 cm³/mol. The van der Waals surface area contributed by atoms with E-state index in [-0.39, 0.29) is 17.3 Å². The zero-order chi connectivity index (χ0) is 17.6. The Kier molecular flexibility index (Phi) is 3.71. The van der Waals surface area contributed by atoms with Gasteiger partial charge < -0.3 is 14.7 Å². The number of carbonyl (C=O) groups excluding carboxylic acids is 1. The Bertz CT molecular complexity index is 814. The summed E-state index contributed by atoms with van der Waals surface area (Å²) < 4.78 is 5.86. The van der Waals surface area contributed by atoms with Gasteiger partial charge in [-0.15, -0.1) is 0 Å². The van der Waals surface area contributed by atoms with Gasteiger partial charge in [0.25, 0.3) is 5.91 Å². The van der Waals surface area contributed by atoms with E-state index in [1.807, 2.05) is 36.9 Å². The standard InChI is InChI=1S/C21H23NO3/c1-21(2)13-16-7-8-17(18(23)19(16)25-21)20(24)22-11-9-14-5-3-4-6-15(14)10-12-22/h3-8,23H,9-13H2,1-2H3. The van der Waals surface area contributed by atoms with Crippen molar-refractivity contribution in [2.24, 2.45) is 0 Å². The van der Waals surface area contributed by atoms with Gasteiger partial charge in [-0.05, 0) is 43.9 Å². The molecule has 0 bridgehead atoms. The molecule has 0 saturated heterocycles. The molecule has 2 heterocycles. The van der Waals surface area contributed by atoms with E-state index in [0.717, 1.165) is 24.8 Å². The molecule has 130 valence electrons. The van der Waals surface area contributed by atoms with Crippen molar-refractivity contribution in [1.82, 2.24) is 4.90 Å². The summed E-state index contributed by atoms with van der Waals surface area (Å²) in [7, 11) is 0. The van der Waals surface area contributed by atoms with Gasteiger partial charge in [-0.1, -0.05) is 30.3 Å². The number of phenolic OH excluding ortho intramolecular Hbond substituents is 1. The Labute approximate surface area is 148 Å². The molecular formula is C21H23NO3. The van der Waals surface area contributed by atoms with E-state index in [0.29, 0.717) is 24.4 Å². The van der Waals surface area contributed by atoms with Gasteiger partial charge in [0, 0.05) is 25.1 Å². The van der Waals surface area contributed by atoms with Gasteiger partial charge in [0.05, 0.1) is 5.56 Å². The number of aromatic hydroxyl groups is 1. The third-order valence-corrected chi connectivity index (χ3v) is 5.15. The molecule has 0 radical (unpaired) electrons. The molecule has 0 aliphatic carbocycles. The highest BCUT2D eigenvalue weighted by atomic mass is 16.5. The predicted octanol–water partition coefficient (Wildman–Crippen LogP) is 3.35. The highest BCUT2D eigenvalue weighted by Gasteiger charge is 2.34. The first kappa shape index (κ1) is 16.0. The van der Waals surface area contributed by atoms with Crippen LogP contribution in [-0.4, -0.2) is 34.6 Å². The van der Waals surface area contributed by atoms with Crippen molar-refractivity contribution in [2.45, 2.75) is 38.7 Å². The smallest absolute Gasteiger partial charge is 0.257 e. The van der Waals surface area contributed by atoms with Crippen LogP contribution in [0.5, 0.6) is 11.5 Å². The fourth-order valence-corrected chi connectivity index (χ4v) is 3.85. The fourth-order valence-electron chi connectivity index (χ4n) is 3.85. The van der Waals surface area contributed by atoms with Crippen molar-refractivity contribution in [3.63, 3.8) is 0 Å². The molecule has 2 aromatic rings. The summed E-state index contributed by atoms with van der Waals surface area (Å²) in [5.41, 5.74) is 3.57.